The summed E-state index contributed by atoms with van der Waals surface area (Å²) in [4.78, 5) is 32.6. The molecule has 104 valence electrons. The van der Waals surface area contributed by atoms with Gasteiger partial charge in [-0.2, -0.15) is 0 Å². The Morgan fingerprint density at radius 2 is 1.72 bits per heavy atom. The van der Waals surface area contributed by atoms with E-state index in [0.717, 1.165) is 0 Å². The standard InChI is InChI=1S/C11H19NO6/c1-6(2)5-8(13)10(16)12-7(11(17)18)3-4-9(14)15/h6-8,13H,3-5H2,1-2H3,(H,12,16)(H,14,15)(H,17,18)/t7-,8+/m1/s1. The van der Waals surface area contributed by atoms with E-state index in [-0.39, 0.29) is 25.2 Å². The summed E-state index contributed by atoms with van der Waals surface area (Å²) >= 11 is 0. The third-order valence-electron chi connectivity index (χ3n) is 2.26. The fourth-order valence-electron chi connectivity index (χ4n) is 1.35. The summed E-state index contributed by atoms with van der Waals surface area (Å²) in [6.45, 7) is 3.63. The first kappa shape index (κ1) is 16.4. The summed E-state index contributed by atoms with van der Waals surface area (Å²) in [6, 6.07) is -1.30. The minimum atomic E-state index is -1.32. The fraction of sp³-hybridized carbons (Fsp3) is 0.727. The number of carbonyl (C=O) groups excluding carboxylic acids is 1. The molecule has 0 rings (SSSR count). The molecule has 0 spiro atoms. The lowest BCUT2D eigenvalue weighted by molar-refractivity contribution is -0.144. The summed E-state index contributed by atoms with van der Waals surface area (Å²) in [5.74, 6) is -3.16. The normalized spacial score (nSPS) is 14.0. The molecule has 0 radical (unpaired) electrons. The highest BCUT2D eigenvalue weighted by molar-refractivity contribution is 5.86. The van der Waals surface area contributed by atoms with Crippen molar-refractivity contribution in [3.63, 3.8) is 0 Å². The summed E-state index contributed by atoms with van der Waals surface area (Å²) in [5, 5.41) is 28.9. The van der Waals surface area contributed by atoms with E-state index in [2.05, 4.69) is 5.32 Å². The van der Waals surface area contributed by atoms with Gasteiger partial charge >= 0.3 is 11.9 Å². The maximum Gasteiger partial charge on any atom is 0.326 e. The van der Waals surface area contributed by atoms with Gasteiger partial charge in [-0.05, 0) is 18.8 Å². The molecule has 0 heterocycles. The van der Waals surface area contributed by atoms with Gasteiger partial charge in [0.15, 0.2) is 0 Å². The summed E-state index contributed by atoms with van der Waals surface area (Å²) in [5.41, 5.74) is 0. The Bertz CT molecular complexity index is 315. The molecule has 2 atom stereocenters. The number of aliphatic carboxylic acids is 2. The number of carboxylic acids is 2. The van der Waals surface area contributed by atoms with Gasteiger partial charge in [0.05, 0.1) is 0 Å². The molecule has 0 aromatic rings. The fourth-order valence-corrected chi connectivity index (χ4v) is 1.35. The average Bonchev–Trinajstić information content (AvgIpc) is 2.21. The first-order chi connectivity index (χ1) is 8.23. The van der Waals surface area contributed by atoms with Crippen LogP contribution in [0.15, 0.2) is 0 Å². The summed E-state index contributed by atoms with van der Waals surface area (Å²) in [7, 11) is 0. The monoisotopic (exact) mass is 261 g/mol. The molecule has 0 aromatic carbocycles. The molecular weight excluding hydrogens is 242 g/mol. The molecule has 0 unspecified atom stereocenters. The van der Waals surface area contributed by atoms with Gasteiger partial charge in [-0.25, -0.2) is 4.79 Å². The van der Waals surface area contributed by atoms with Gasteiger partial charge in [-0.15, -0.1) is 0 Å². The Hall–Kier alpha value is -1.63. The second-order valence-electron chi connectivity index (χ2n) is 4.48. The minimum absolute atomic E-state index is 0.0908. The van der Waals surface area contributed by atoms with Crippen molar-refractivity contribution in [2.45, 2.75) is 45.3 Å². The Morgan fingerprint density at radius 3 is 2.11 bits per heavy atom. The van der Waals surface area contributed by atoms with Crippen LogP contribution in [0.1, 0.15) is 33.1 Å². The second kappa shape index (κ2) is 7.65. The number of carbonyl (C=O) groups is 3. The second-order valence-corrected chi connectivity index (χ2v) is 4.48. The van der Waals surface area contributed by atoms with E-state index in [1.54, 1.807) is 0 Å². The maximum atomic E-state index is 11.5. The van der Waals surface area contributed by atoms with Crippen LogP contribution in [0.25, 0.3) is 0 Å². The van der Waals surface area contributed by atoms with Gasteiger partial charge in [-0.3, -0.25) is 9.59 Å². The van der Waals surface area contributed by atoms with Gasteiger partial charge in [0, 0.05) is 6.42 Å². The van der Waals surface area contributed by atoms with Crippen molar-refractivity contribution >= 4 is 17.8 Å². The molecule has 0 aliphatic rings. The number of amides is 1. The zero-order valence-electron chi connectivity index (χ0n) is 10.4. The van der Waals surface area contributed by atoms with Crippen molar-refractivity contribution in [3.05, 3.63) is 0 Å². The number of nitrogens with one attached hydrogen (secondary N) is 1. The molecule has 1 amide bonds. The van der Waals surface area contributed by atoms with Gasteiger partial charge < -0.3 is 20.6 Å². The van der Waals surface area contributed by atoms with Crippen LogP contribution in [0.5, 0.6) is 0 Å². The van der Waals surface area contributed by atoms with Gasteiger partial charge in [0.2, 0.25) is 5.91 Å². The van der Waals surface area contributed by atoms with E-state index in [4.69, 9.17) is 10.2 Å². The van der Waals surface area contributed by atoms with E-state index in [1.807, 2.05) is 13.8 Å². The predicted molar refractivity (Wildman–Crippen MR) is 61.9 cm³/mol. The van der Waals surface area contributed by atoms with Crippen LogP contribution in [-0.2, 0) is 14.4 Å². The third-order valence-corrected chi connectivity index (χ3v) is 2.26. The first-order valence-electron chi connectivity index (χ1n) is 5.67. The number of rotatable bonds is 8. The van der Waals surface area contributed by atoms with Gasteiger partial charge in [-0.1, -0.05) is 13.8 Å². The molecule has 18 heavy (non-hydrogen) atoms. The first-order valence-corrected chi connectivity index (χ1v) is 5.67. The number of carboxylic acid groups (broad SMARTS) is 2. The minimum Gasteiger partial charge on any atom is -0.481 e. The smallest absolute Gasteiger partial charge is 0.326 e. The molecular formula is C11H19NO6. The molecule has 0 bridgehead atoms. The molecule has 0 fully saturated rings. The molecule has 4 N–H and O–H groups in total. The highest BCUT2D eigenvalue weighted by Crippen LogP contribution is 2.06. The Balaban J connectivity index is 4.35. The number of aliphatic hydroxyl groups is 1. The Labute approximate surface area is 105 Å². The molecule has 7 heteroatoms. The van der Waals surface area contributed by atoms with Crippen LogP contribution in [0.3, 0.4) is 0 Å². The van der Waals surface area contributed by atoms with Gasteiger partial charge in [0.1, 0.15) is 12.1 Å². The van der Waals surface area contributed by atoms with E-state index in [9.17, 15) is 19.5 Å². The van der Waals surface area contributed by atoms with Crippen molar-refractivity contribution < 1.29 is 29.7 Å². The molecule has 0 saturated carbocycles. The third kappa shape index (κ3) is 6.85. The molecule has 7 nitrogen and oxygen atoms in total. The predicted octanol–water partition coefficient (Wildman–Crippen LogP) is -0.172. The van der Waals surface area contributed by atoms with Crippen LogP contribution >= 0.6 is 0 Å². The van der Waals surface area contributed by atoms with E-state index >= 15 is 0 Å². The lowest BCUT2D eigenvalue weighted by Gasteiger charge is -2.17. The van der Waals surface area contributed by atoms with Crippen molar-refractivity contribution in [1.82, 2.24) is 5.32 Å². The number of aliphatic hydroxyl groups excluding tert-OH is 1. The quantitative estimate of drug-likeness (QED) is 0.481. The Morgan fingerprint density at radius 1 is 1.17 bits per heavy atom. The SMILES string of the molecule is CC(C)C[C@H](O)C(=O)N[C@H](CCC(=O)O)C(=O)O. The Kier molecular flexibility index (Phi) is 6.96. The van der Waals surface area contributed by atoms with Crippen LogP contribution in [0, 0.1) is 5.92 Å². The average molecular weight is 261 g/mol. The van der Waals surface area contributed by atoms with Crippen molar-refractivity contribution in [1.29, 1.82) is 0 Å². The van der Waals surface area contributed by atoms with Gasteiger partial charge in [0.25, 0.3) is 0 Å². The van der Waals surface area contributed by atoms with E-state index < -0.39 is 30.0 Å². The number of hydrogen-bond acceptors (Lipinski definition) is 4. The van der Waals surface area contributed by atoms with Crippen molar-refractivity contribution in [3.8, 4) is 0 Å². The molecule has 0 aliphatic heterocycles. The maximum absolute atomic E-state index is 11.5. The number of hydrogen-bond donors (Lipinski definition) is 4. The zero-order valence-corrected chi connectivity index (χ0v) is 10.4. The molecule has 0 saturated heterocycles. The van der Waals surface area contributed by atoms with E-state index in [1.165, 1.54) is 0 Å². The summed E-state index contributed by atoms with van der Waals surface area (Å²) < 4.78 is 0. The van der Waals surface area contributed by atoms with Crippen LogP contribution in [0.2, 0.25) is 0 Å². The topological polar surface area (TPSA) is 124 Å². The summed E-state index contributed by atoms with van der Waals surface area (Å²) in [6.07, 6.45) is -1.64. The van der Waals surface area contributed by atoms with Crippen LogP contribution in [0.4, 0.5) is 0 Å². The van der Waals surface area contributed by atoms with Crippen LogP contribution < -0.4 is 5.32 Å². The molecule has 0 aromatic heterocycles. The van der Waals surface area contributed by atoms with Crippen molar-refractivity contribution in [2.24, 2.45) is 5.92 Å². The van der Waals surface area contributed by atoms with Crippen LogP contribution in [-0.4, -0.2) is 45.3 Å². The van der Waals surface area contributed by atoms with Crippen molar-refractivity contribution in [2.75, 3.05) is 0 Å². The zero-order chi connectivity index (χ0) is 14.3. The lowest BCUT2D eigenvalue weighted by Crippen LogP contribution is -2.46. The van der Waals surface area contributed by atoms with E-state index in [0.29, 0.717) is 0 Å². The highest BCUT2D eigenvalue weighted by Gasteiger charge is 2.24. The largest absolute Gasteiger partial charge is 0.481 e. The lowest BCUT2D eigenvalue weighted by atomic mass is 10.0. The molecule has 0 aliphatic carbocycles. The highest BCUT2D eigenvalue weighted by atomic mass is 16.4.